The first-order valence-electron chi connectivity index (χ1n) is 14.2. The highest BCUT2D eigenvalue weighted by molar-refractivity contribution is 8.18. The van der Waals surface area contributed by atoms with Crippen molar-refractivity contribution in [3.8, 4) is 23.0 Å². The van der Waals surface area contributed by atoms with Crippen LogP contribution in [-0.4, -0.2) is 54.4 Å². The van der Waals surface area contributed by atoms with Gasteiger partial charge in [0.05, 0.1) is 31.7 Å². The number of hydrogen-bond acceptors (Lipinski definition) is 9. The lowest BCUT2D eigenvalue weighted by Gasteiger charge is -2.24. The van der Waals surface area contributed by atoms with Crippen LogP contribution in [0.2, 0.25) is 0 Å². The first kappa shape index (κ1) is 31.2. The van der Waals surface area contributed by atoms with Gasteiger partial charge in [-0.2, -0.15) is 9.39 Å². The lowest BCUT2D eigenvalue weighted by molar-refractivity contribution is -0.114. The van der Waals surface area contributed by atoms with Crippen LogP contribution in [0.5, 0.6) is 23.0 Å². The fraction of sp³-hybridized carbons (Fsp3) is 0.273. The van der Waals surface area contributed by atoms with Gasteiger partial charge in [0, 0.05) is 5.75 Å². The molecular weight excluding hydrogens is 597 g/mol. The Morgan fingerprint density at radius 1 is 1.00 bits per heavy atom. The summed E-state index contributed by atoms with van der Waals surface area (Å²) in [5, 5.41) is 9.86. The average Bonchev–Trinajstić information content (AvgIpc) is 3.47. The van der Waals surface area contributed by atoms with Gasteiger partial charge in [-0.05, 0) is 59.4 Å². The molecule has 0 aromatic heterocycles. The Bertz CT molecular complexity index is 1580. The monoisotopic (exact) mass is 630 g/mol. The molecule has 0 radical (unpaired) electrons. The van der Waals surface area contributed by atoms with Crippen molar-refractivity contribution in [3.05, 3.63) is 89.0 Å². The predicted octanol–water partition coefficient (Wildman–Crippen LogP) is 7.19. The number of nitrogens with one attached hydrogen (secondary N) is 1. The highest BCUT2D eigenvalue weighted by Crippen LogP contribution is 2.40. The van der Waals surface area contributed by atoms with Crippen molar-refractivity contribution >= 4 is 51.9 Å². The molecule has 0 saturated carbocycles. The molecule has 1 amide bonds. The number of rotatable bonds is 12. The van der Waals surface area contributed by atoms with E-state index in [1.54, 1.807) is 23.1 Å². The van der Waals surface area contributed by atoms with Crippen LogP contribution in [0.1, 0.15) is 42.9 Å². The van der Waals surface area contributed by atoms with Crippen LogP contribution in [0.25, 0.3) is 6.08 Å². The minimum absolute atomic E-state index is 0.0110. The summed E-state index contributed by atoms with van der Waals surface area (Å²) in [7, 11) is 3.07. The van der Waals surface area contributed by atoms with E-state index in [2.05, 4.69) is 35.4 Å². The molecule has 0 aliphatic carbocycles. The van der Waals surface area contributed by atoms with E-state index in [0.717, 1.165) is 29.7 Å². The van der Waals surface area contributed by atoms with Crippen LogP contribution in [-0.2, 0) is 10.5 Å². The third-order valence-corrected chi connectivity index (χ3v) is 8.99. The van der Waals surface area contributed by atoms with E-state index in [-0.39, 0.29) is 18.0 Å². The zero-order valence-electron chi connectivity index (χ0n) is 25.0. The minimum atomic E-state index is -0.508. The number of methoxy groups -OCH3 is 2. The molecule has 1 atom stereocenters. The van der Waals surface area contributed by atoms with E-state index in [4.69, 9.17) is 24.4 Å². The fourth-order valence-corrected chi connectivity index (χ4v) is 6.34. The number of carbonyl (C=O) groups excluding carboxylic acids is 1. The van der Waals surface area contributed by atoms with Crippen molar-refractivity contribution in [1.29, 1.82) is 5.41 Å². The number of carbonyl (C=O) groups is 1. The maximum absolute atomic E-state index is 13.0. The molecule has 1 unspecified atom stereocenters. The quantitative estimate of drug-likeness (QED) is 0.127. The lowest BCUT2D eigenvalue weighted by atomic mass is 9.99. The Balaban J connectivity index is 1.27. The second-order valence-corrected chi connectivity index (χ2v) is 11.7. The summed E-state index contributed by atoms with van der Waals surface area (Å²) >= 11 is 2.59. The Hall–Kier alpha value is -4.22. The Kier molecular flexibility index (Phi) is 10.3. The third kappa shape index (κ3) is 7.11. The zero-order chi connectivity index (χ0) is 31.1. The molecule has 0 bridgehead atoms. The van der Waals surface area contributed by atoms with Gasteiger partial charge in [-0.25, -0.2) is 4.90 Å². The molecule has 1 N–H and O–H groups in total. The van der Waals surface area contributed by atoms with Crippen molar-refractivity contribution in [2.24, 2.45) is 9.39 Å². The van der Waals surface area contributed by atoms with Gasteiger partial charge in [-0.1, -0.05) is 68.1 Å². The summed E-state index contributed by atoms with van der Waals surface area (Å²) in [6.07, 6.45) is 2.69. The molecule has 0 spiro atoms. The van der Waals surface area contributed by atoms with Crippen molar-refractivity contribution in [3.63, 3.8) is 0 Å². The van der Waals surface area contributed by atoms with E-state index in [1.807, 2.05) is 42.5 Å². The second kappa shape index (κ2) is 14.5. The Morgan fingerprint density at radius 2 is 1.68 bits per heavy atom. The van der Waals surface area contributed by atoms with Crippen LogP contribution in [0.3, 0.4) is 0 Å². The molecule has 0 saturated heterocycles. The number of hydrogen-bond donors (Lipinski definition) is 1. The van der Waals surface area contributed by atoms with Crippen LogP contribution in [0, 0.1) is 5.41 Å². The molecular formula is C33H34N4O5S2. The number of amides is 1. The van der Waals surface area contributed by atoms with Gasteiger partial charge in [0.25, 0.3) is 5.91 Å². The molecule has 3 aromatic rings. The lowest BCUT2D eigenvalue weighted by Crippen LogP contribution is -2.41. The van der Waals surface area contributed by atoms with Gasteiger partial charge in [0.2, 0.25) is 10.9 Å². The van der Waals surface area contributed by atoms with Gasteiger partial charge in [-0.3, -0.25) is 10.2 Å². The van der Waals surface area contributed by atoms with E-state index in [0.29, 0.717) is 51.4 Å². The van der Waals surface area contributed by atoms with Crippen LogP contribution in [0.4, 0.5) is 0 Å². The number of benzene rings is 3. The molecule has 9 nitrogen and oxygen atoms in total. The van der Waals surface area contributed by atoms with Crippen molar-refractivity contribution in [1.82, 2.24) is 4.90 Å². The summed E-state index contributed by atoms with van der Waals surface area (Å²) in [6.45, 7) is 4.97. The SMILES string of the molecule is CCC(C)c1ccc(OCCOc2c(OC)cc(/C=C3/C(=N)N4C(SCc5ccccc5)=NSC4=NC3=O)cc2OC)cc1. The van der Waals surface area contributed by atoms with Gasteiger partial charge in [0.1, 0.15) is 24.8 Å². The third-order valence-electron chi connectivity index (χ3n) is 7.16. The first-order chi connectivity index (χ1) is 21.4. The number of nitrogens with zero attached hydrogens (tertiary/aromatic N) is 3. The van der Waals surface area contributed by atoms with E-state index >= 15 is 0 Å². The van der Waals surface area contributed by atoms with Gasteiger partial charge >= 0.3 is 0 Å². The smallest absolute Gasteiger partial charge is 0.283 e. The Morgan fingerprint density at radius 3 is 2.34 bits per heavy atom. The highest BCUT2D eigenvalue weighted by atomic mass is 32.2. The fourth-order valence-electron chi connectivity index (χ4n) is 4.54. The number of ether oxygens (including phenoxy) is 4. The molecule has 3 aromatic carbocycles. The summed E-state index contributed by atoms with van der Waals surface area (Å²) in [4.78, 5) is 18.8. The number of aliphatic imine (C=N–C) groups is 1. The zero-order valence-corrected chi connectivity index (χ0v) is 26.7. The maximum Gasteiger partial charge on any atom is 0.283 e. The molecule has 44 heavy (non-hydrogen) atoms. The largest absolute Gasteiger partial charge is 0.493 e. The van der Waals surface area contributed by atoms with Gasteiger partial charge in [0.15, 0.2) is 16.7 Å². The van der Waals surface area contributed by atoms with E-state index < -0.39 is 5.91 Å². The van der Waals surface area contributed by atoms with E-state index in [9.17, 15) is 4.79 Å². The second-order valence-electron chi connectivity index (χ2n) is 10.0. The molecule has 2 aliphatic heterocycles. The van der Waals surface area contributed by atoms with Gasteiger partial charge in [-0.15, -0.1) is 0 Å². The summed E-state index contributed by atoms with van der Waals surface area (Å²) in [5.41, 5.74) is 3.15. The van der Waals surface area contributed by atoms with Gasteiger partial charge < -0.3 is 18.9 Å². The number of amidine groups is 3. The van der Waals surface area contributed by atoms with Crippen LogP contribution in [0.15, 0.2) is 81.7 Å². The van der Waals surface area contributed by atoms with Crippen molar-refractivity contribution in [2.45, 2.75) is 31.9 Å². The minimum Gasteiger partial charge on any atom is -0.493 e. The molecule has 228 valence electrons. The molecule has 2 aliphatic rings. The predicted molar refractivity (Wildman–Crippen MR) is 178 cm³/mol. The molecule has 5 rings (SSSR count). The van der Waals surface area contributed by atoms with Crippen LogP contribution < -0.4 is 18.9 Å². The number of fused-ring (bicyclic) bond motifs is 1. The maximum atomic E-state index is 13.0. The topological polar surface area (TPSA) is 106 Å². The molecule has 2 heterocycles. The van der Waals surface area contributed by atoms with Crippen LogP contribution >= 0.6 is 23.7 Å². The number of thioether (sulfide) groups is 1. The normalized spacial score (nSPS) is 15.9. The first-order valence-corrected chi connectivity index (χ1v) is 15.9. The standard InChI is InChI=1S/C33H34N4O5S2/c1-5-21(2)24-11-13-25(14-12-24)41-15-16-42-29-27(39-3)18-23(19-28(29)40-4)17-26-30(34)37-32(35-31(26)38)44-36-33(37)43-20-22-9-7-6-8-10-22/h6-14,17-19,21,34H,5,15-16,20H2,1-4H3/b26-17-,34-30?. The summed E-state index contributed by atoms with van der Waals surface area (Å²) < 4.78 is 27.6. The highest BCUT2D eigenvalue weighted by Gasteiger charge is 2.37. The van der Waals surface area contributed by atoms with Crippen molar-refractivity contribution in [2.75, 3.05) is 27.4 Å². The van der Waals surface area contributed by atoms with Crippen molar-refractivity contribution < 1.29 is 23.7 Å². The Labute approximate surface area is 266 Å². The van der Waals surface area contributed by atoms with E-state index in [1.165, 1.54) is 31.5 Å². The summed E-state index contributed by atoms with van der Waals surface area (Å²) in [6, 6.07) is 21.6. The molecule has 11 heteroatoms. The summed E-state index contributed by atoms with van der Waals surface area (Å²) in [5.74, 6) is 2.72. The molecule has 0 fully saturated rings. The average molecular weight is 631 g/mol.